The minimum Gasteiger partial charge on any atom is -0.490 e. The van der Waals surface area contributed by atoms with Crippen LogP contribution in [0.2, 0.25) is 0 Å². The number of amides is 1. The first-order chi connectivity index (χ1) is 12.2. The van der Waals surface area contributed by atoms with Crippen LogP contribution in [0.25, 0.3) is 5.69 Å². The Labute approximate surface area is 144 Å². The molecule has 0 atom stereocenters. The fraction of sp³-hybridized carbons (Fsp3) is 0.111. The molecule has 3 rings (SSSR count). The van der Waals surface area contributed by atoms with Gasteiger partial charge in [-0.1, -0.05) is 18.7 Å². The molecule has 126 valence electrons. The van der Waals surface area contributed by atoms with Gasteiger partial charge in [-0.25, -0.2) is 4.68 Å². The number of hydrogen-bond acceptors (Lipinski definition) is 5. The van der Waals surface area contributed by atoms with Crippen LogP contribution < -0.4 is 10.1 Å². The predicted molar refractivity (Wildman–Crippen MR) is 94.0 cm³/mol. The second-order valence-corrected chi connectivity index (χ2v) is 5.33. The number of rotatable bonds is 6. The number of nitrogens with one attached hydrogen (secondary N) is 1. The van der Waals surface area contributed by atoms with Crippen molar-refractivity contribution in [3.05, 3.63) is 72.6 Å². The number of aromatic nitrogens is 4. The molecule has 0 spiro atoms. The summed E-state index contributed by atoms with van der Waals surface area (Å²) in [5.74, 6) is 0.481. The van der Waals surface area contributed by atoms with Crippen LogP contribution in [0, 0.1) is 6.92 Å². The maximum atomic E-state index is 12.4. The molecule has 0 aliphatic carbocycles. The zero-order valence-electron chi connectivity index (χ0n) is 13.7. The van der Waals surface area contributed by atoms with Gasteiger partial charge in [0.1, 0.15) is 18.7 Å². The van der Waals surface area contributed by atoms with Gasteiger partial charge in [0, 0.05) is 11.3 Å². The normalized spacial score (nSPS) is 10.3. The van der Waals surface area contributed by atoms with Crippen LogP contribution in [0.3, 0.4) is 0 Å². The third kappa shape index (κ3) is 3.89. The predicted octanol–water partition coefficient (Wildman–Crippen LogP) is 2.79. The molecule has 0 aliphatic heterocycles. The standard InChI is InChI=1S/C18H17N5O2/c1-3-10-25-16-8-5-14(6-9-16)18(24)20-15-7-4-13(2)17(11-15)23-12-19-21-22-23/h3-9,11-12H,1,10H2,2H3,(H,20,24). The van der Waals surface area contributed by atoms with E-state index in [2.05, 4.69) is 27.4 Å². The molecule has 0 saturated carbocycles. The first kappa shape index (κ1) is 16.4. The van der Waals surface area contributed by atoms with Crippen molar-refractivity contribution in [3.63, 3.8) is 0 Å². The maximum Gasteiger partial charge on any atom is 0.255 e. The number of carbonyl (C=O) groups is 1. The van der Waals surface area contributed by atoms with Gasteiger partial charge in [0.05, 0.1) is 5.69 Å². The summed E-state index contributed by atoms with van der Waals surface area (Å²) in [5.41, 5.74) is 2.99. The van der Waals surface area contributed by atoms with Crippen LogP contribution in [-0.4, -0.2) is 32.7 Å². The Bertz CT molecular complexity index is 873. The van der Waals surface area contributed by atoms with Crippen molar-refractivity contribution in [1.29, 1.82) is 0 Å². The third-order valence-corrected chi connectivity index (χ3v) is 3.55. The van der Waals surface area contributed by atoms with Gasteiger partial charge in [-0.3, -0.25) is 4.79 Å². The lowest BCUT2D eigenvalue weighted by Crippen LogP contribution is -2.12. The molecule has 0 aliphatic rings. The average molecular weight is 335 g/mol. The van der Waals surface area contributed by atoms with Gasteiger partial charge >= 0.3 is 0 Å². The molecule has 0 unspecified atom stereocenters. The highest BCUT2D eigenvalue weighted by molar-refractivity contribution is 6.04. The highest BCUT2D eigenvalue weighted by Crippen LogP contribution is 2.19. The minimum absolute atomic E-state index is 0.207. The number of anilines is 1. The van der Waals surface area contributed by atoms with Crippen molar-refractivity contribution < 1.29 is 9.53 Å². The topological polar surface area (TPSA) is 81.9 Å². The van der Waals surface area contributed by atoms with Crippen LogP contribution in [0.1, 0.15) is 15.9 Å². The van der Waals surface area contributed by atoms with E-state index in [-0.39, 0.29) is 5.91 Å². The lowest BCUT2D eigenvalue weighted by atomic mass is 10.1. The fourth-order valence-electron chi connectivity index (χ4n) is 2.27. The van der Waals surface area contributed by atoms with Gasteiger partial charge in [-0.2, -0.15) is 0 Å². The molecule has 0 fully saturated rings. The molecule has 0 bridgehead atoms. The summed E-state index contributed by atoms with van der Waals surface area (Å²) in [7, 11) is 0. The van der Waals surface area contributed by atoms with Gasteiger partial charge in [0.2, 0.25) is 0 Å². The molecule has 3 aromatic rings. The van der Waals surface area contributed by atoms with Crippen molar-refractivity contribution in [1.82, 2.24) is 20.2 Å². The zero-order valence-corrected chi connectivity index (χ0v) is 13.7. The molecular formula is C18H17N5O2. The molecule has 7 nitrogen and oxygen atoms in total. The zero-order chi connectivity index (χ0) is 17.6. The molecule has 0 saturated heterocycles. The lowest BCUT2D eigenvalue weighted by molar-refractivity contribution is 0.102. The summed E-state index contributed by atoms with van der Waals surface area (Å²) in [6.07, 6.45) is 3.18. The van der Waals surface area contributed by atoms with Gasteiger partial charge in [0.25, 0.3) is 5.91 Å². The van der Waals surface area contributed by atoms with Crippen LogP contribution >= 0.6 is 0 Å². The first-order valence-corrected chi connectivity index (χ1v) is 7.66. The molecule has 25 heavy (non-hydrogen) atoms. The van der Waals surface area contributed by atoms with E-state index in [0.29, 0.717) is 23.6 Å². The van der Waals surface area contributed by atoms with Gasteiger partial charge in [0.15, 0.2) is 0 Å². The van der Waals surface area contributed by atoms with Crippen LogP contribution in [0.15, 0.2) is 61.4 Å². The minimum atomic E-state index is -0.207. The highest BCUT2D eigenvalue weighted by atomic mass is 16.5. The lowest BCUT2D eigenvalue weighted by Gasteiger charge is -2.10. The highest BCUT2D eigenvalue weighted by Gasteiger charge is 2.09. The van der Waals surface area contributed by atoms with E-state index >= 15 is 0 Å². The van der Waals surface area contributed by atoms with Gasteiger partial charge in [-0.05, 0) is 59.3 Å². The Kier molecular flexibility index (Phi) is 4.84. The Morgan fingerprint density at radius 2 is 2.08 bits per heavy atom. The molecule has 1 heterocycles. The fourth-order valence-corrected chi connectivity index (χ4v) is 2.27. The van der Waals surface area contributed by atoms with Crippen LogP contribution in [0.5, 0.6) is 5.75 Å². The molecule has 1 amide bonds. The summed E-state index contributed by atoms with van der Waals surface area (Å²) in [5, 5.41) is 14.0. The van der Waals surface area contributed by atoms with Crippen molar-refractivity contribution in [2.45, 2.75) is 6.92 Å². The molecular weight excluding hydrogens is 318 g/mol. The van der Waals surface area contributed by atoms with E-state index in [1.54, 1.807) is 35.0 Å². The number of tetrazole rings is 1. The Balaban J connectivity index is 1.74. The van der Waals surface area contributed by atoms with Crippen molar-refractivity contribution in [2.24, 2.45) is 0 Å². The van der Waals surface area contributed by atoms with Crippen LogP contribution in [-0.2, 0) is 0 Å². The van der Waals surface area contributed by atoms with E-state index in [1.807, 2.05) is 25.1 Å². The SMILES string of the molecule is C=CCOc1ccc(C(=O)Nc2ccc(C)c(-n3cnnn3)c2)cc1. The summed E-state index contributed by atoms with van der Waals surface area (Å²) in [6.45, 7) is 5.97. The molecule has 1 aromatic heterocycles. The second-order valence-electron chi connectivity index (χ2n) is 5.33. The third-order valence-electron chi connectivity index (χ3n) is 3.55. The Morgan fingerprint density at radius 1 is 1.28 bits per heavy atom. The molecule has 0 radical (unpaired) electrons. The van der Waals surface area contributed by atoms with E-state index in [1.165, 1.54) is 6.33 Å². The summed E-state index contributed by atoms with van der Waals surface area (Å²) in [4.78, 5) is 12.4. The average Bonchev–Trinajstić information content (AvgIpc) is 3.16. The van der Waals surface area contributed by atoms with E-state index in [0.717, 1.165) is 11.3 Å². The Morgan fingerprint density at radius 3 is 2.76 bits per heavy atom. The van der Waals surface area contributed by atoms with Gasteiger partial charge < -0.3 is 10.1 Å². The van der Waals surface area contributed by atoms with Crippen molar-refractivity contribution in [2.75, 3.05) is 11.9 Å². The number of hydrogen-bond donors (Lipinski definition) is 1. The summed E-state index contributed by atoms with van der Waals surface area (Å²) < 4.78 is 6.96. The molecule has 7 heteroatoms. The maximum absolute atomic E-state index is 12.4. The second kappa shape index (κ2) is 7.39. The van der Waals surface area contributed by atoms with Gasteiger partial charge in [-0.15, -0.1) is 5.10 Å². The van der Waals surface area contributed by atoms with Crippen molar-refractivity contribution in [3.8, 4) is 11.4 Å². The number of carbonyl (C=O) groups excluding carboxylic acids is 1. The van der Waals surface area contributed by atoms with E-state index < -0.39 is 0 Å². The number of nitrogens with zero attached hydrogens (tertiary/aromatic N) is 4. The summed E-state index contributed by atoms with van der Waals surface area (Å²) >= 11 is 0. The quantitative estimate of drug-likeness (QED) is 0.701. The number of ether oxygens (including phenoxy) is 1. The van der Waals surface area contributed by atoms with E-state index in [4.69, 9.17) is 4.74 Å². The molecule has 1 N–H and O–H groups in total. The van der Waals surface area contributed by atoms with E-state index in [9.17, 15) is 4.79 Å². The molecule has 2 aromatic carbocycles. The number of aryl methyl sites for hydroxylation is 1. The smallest absolute Gasteiger partial charge is 0.255 e. The first-order valence-electron chi connectivity index (χ1n) is 7.66. The monoisotopic (exact) mass is 335 g/mol. The Hall–Kier alpha value is -3.48. The summed E-state index contributed by atoms with van der Waals surface area (Å²) in [6, 6.07) is 12.5. The van der Waals surface area contributed by atoms with Crippen molar-refractivity contribution >= 4 is 11.6 Å². The van der Waals surface area contributed by atoms with Crippen LogP contribution in [0.4, 0.5) is 5.69 Å². The number of benzene rings is 2. The largest absolute Gasteiger partial charge is 0.490 e.